The number of carboxylic acids is 1. The van der Waals surface area contributed by atoms with Gasteiger partial charge in [0.1, 0.15) is 0 Å². The number of fused-ring (bicyclic) bond motifs is 5. The molecule has 4 heteroatoms. The molecule has 7 unspecified atom stereocenters. The van der Waals surface area contributed by atoms with E-state index < -0.39 is 11.9 Å². The standard InChI is InChI=1S/C16H23NO3/c1-7-4-10(11(5-7)16(19)20)15(18)17-14-12-8-2-3-9(6-8)13(12)14/h7-14H,2-6H2,1H3,(H,17,18)(H,19,20). The van der Waals surface area contributed by atoms with Gasteiger partial charge in [0.25, 0.3) is 0 Å². The van der Waals surface area contributed by atoms with Crippen molar-refractivity contribution in [1.82, 2.24) is 5.32 Å². The largest absolute Gasteiger partial charge is 0.481 e. The first-order valence-electron chi connectivity index (χ1n) is 8.09. The van der Waals surface area contributed by atoms with Gasteiger partial charge in [0, 0.05) is 6.04 Å². The molecule has 0 aliphatic heterocycles. The van der Waals surface area contributed by atoms with Gasteiger partial charge in [-0.25, -0.2) is 0 Å². The fourth-order valence-electron chi connectivity index (χ4n) is 5.64. The van der Waals surface area contributed by atoms with E-state index >= 15 is 0 Å². The number of amides is 1. The summed E-state index contributed by atoms with van der Waals surface area (Å²) in [6.45, 7) is 2.05. The van der Waals surface area contributed by atoms with Crippen LogP contribution in [0, 0.1) is 41.4 Å². The number of carboxylic acid groups (broad SMARTS) is 1. The van der Waals surface area contributed by atoms with Crippen LogP contribution in [0.1, 0.15) is 39.0 Å². The zero-order chi connectivity index (χ0) is 14.0. The minimum absolute atomic E-state index is 0.0144. The van der Waals surface area contributed by atoms with Gasteiger partial charge in [0.15, 0.2) is 0 Å². The first-order valence-corrected chi connectivity index (χ1v) is 8.09. The summed E-state index contributed by atoms with van der Waals surface area (Å²) in [5.41, 5.74) is 0. The van der Waals surface area contributed by atoms with Crippen LogP contribution < -0.4 is 5.32 Å². The molecule has 0 saturated heterocycles. The van der Waals surface area contributed by atoms with Crippen LogP contribution in [0.5, 0.6) is 0 Å². The third-order valence-electron chi connectivity index (χ3n) is 6.50. The summed E-state index contributed by atoms with van der Waals surface area (Å²) in [5.74, 6) is 1.91. The van der Waals surface area contributed by atoms with Crippen molar-refractivity contribution >= 4 is 11.9 Å². The van der Waals surface area contributed by atoms with Crippen molar-refractivity contribution in [3.05, 3.63) is 0 Å². The Labute approximate surface area is 119 Å². The first kappa shape index (κ1) is 12.7. The maximum absolute atomic E-state index is 12.4. The van der Waals surface area contributed by atoms with E-state index in [2.05, 4.69) is 12.2 Å². The molecular formula is C16H23NO3. The molecule has 0 aromatic carbocycles. The van der Waals surface area contributed by atoms with Crippen molar-refractivity contribution in [2.75, 3.05) is 0 Å². The molecule has 4 aliphatic rings. The van der Waals surface area contributed by atoms with Gasteiger partial charge in [-0.3, -0.25) is 9.59 Å². The molecule has 2 N–H and O–H groups in total. The molecule has 2 bridgehead atoms. The molecule has 0 aromatic rings. The third kappa shape index (κ3) is 1.73. The summed E-state index contributed by atoms with van der Waals surface area (Å²) in [6.07, 6.45) is 5.45. The van der Waals surface area contributed by atoms with E-state index in [1.54, 1.807) is 0 Å². The normalized spacial score (nSPS) is 51.9. The molecule has 20 heavy (non-hydrogen) atoms. The number of rotatable bonds is 3. The maximum atomic E-state index is 12.4. The summed E-state index contributed by atoms with van der Waals surface area (Å²) < 4.78 is 0. The molecule has 4 saturated carbocycles. The average Bonchev–Trinajstić information content (AvgIpc) is 2.81. The zero-order valence-electron chi connectivity index (χ0n) is 11.9. The van der Waals surface area contributed by atoms with Gasteiger partial charge in [-0.15, -0.1) is 0 Å². The Morgan fingerprint density at radius 3 is 2.20 bits per heavy atom. The second kappa shape index (κ2) is 4.22. The van der Waals surface area contributed by atoms with Crippen LogP contribution in [0.25, 0.3) is 0 Å². The molecule has 4 nitrogen and oxygen atoms in total. The molecule has 4 rings (SSSR count). The van der Waals surface area contributed by atoms with Gasteiger partial charge < -0.3 is 10.4 Å². The highest BCUT2D eigenvalue weighted by atomic mass is 16.4. The quantitative estimate of drug-likeness (QED) is 0.828. The molecule has 1 amide bonds. The summed E-state index contributed by atoms with van der Waals surface area (Å²) in [6, 6.07) is 0.374. The summed E-state index contributed by atoms with van der Waals surface area (Å²) >= 11 is 0. The van der Waals surface area contributed by atoms with Gasteiger partial charge in [0.2, 0.25) is 5.91 Å². The van der Waals surface area contributed by atoms with Crippen LogP contribution in [0.2, 0.25) is 0 Å². The molecule has 0 spiro atoms. The van der Waals surface area contributed by atoms with Gasteiger partial charge in [-0.2, -0.15) is 0 Å². The average molecular weight is 277 g/mol. The highest BCUT2D eigenvalue weighted by Crippen LogP contribution is 2.65. The molecule has 7 atom stereocenters. The molecule has 0 heterocycles. The number of nitrogens with one attached hydrogen (secondary N) is 1. The number of hydrogen-bond donors (Lipinski definition) is 2. The summed E-state index contributed by atoms with van der Waals surface area (Å²) in [5, 5.41) is 12.5. The highest BCUT2D eigenvalue weighted by molar-refractivity contribution is 5.85. The van der Waals surface area contributed by atoms with Crippen LogP contribution in [0.4, 0.5) is 0 Å². The Hall–Kier alpha value is -1.06. The van der Waals surface area contributed by atoms with E-state index in [0.717, 1.165) is 30.1 Å². The lowest BCUT2D eigenvalue weighted by atomic mass is 9.95. The Balaban J connectivity index is 1.40. The fraction of sp³-hybridized carbons (Fsp3) is 0.875. The van der Waals surface area contributed by atoms with Crippen molar-refractivity contribution in [2.45, 2.75) is 45.1 Å². The van der Waals surface area contributed by atoms with Gasteiger partial charge in [0.05, 0.1) is 11.8 Å². The molecular weight excluding hydrogens is 254 g/mol. The van der Waals surface area contributed by atoms with Crippen LogP contribution in [0.3, 0.4) is 0 Å². The second-order valence-electron chi connectivity index (χ2n) is 7.65. The Kier molecular flexibility index (Phi) is 2.67. The summed E-state index contributed by atoms with van der Waals surface area (Å²) in [7, 11) is 0. The minimum atomic E-state index is -0.800. The maximum Gasteiger partial charge on any atom is 0.307 e. The minimum Gasteiger partial charge on any atom is -0.481 e. The van der Waals surface area contributed by atoms with Gasteiger partial charge in [-0.05, 0) is 61.7 Å². The van der Waals surface area contributed by atoms with Crippen LogP contribution in [0.15, 0.2) is 0 Å². The van der Waals surface area contributed by atoms with E-state index in [1.165, 1.54) is 19.3 Å². The predicted octanol–water partition coefficient (Wildman–Crippen LogP) is 1.89. The number of carbonyl (C=O) groups excluding carboxylic acids is 1. The number of hydrogen-bond acceptors (Lipinski definition) is 2. The highest BCUT2D eigenvalue weighted by Gasteiger charge is 2.65. The Bertz CT molecular complexity index is 447. The Morgan fingerprint density at radius 1 is 1.00 bits per heavy atom. The molecule has 4 aliphatic carbocycles. The lowest BCUT2D eigenvalue weighted by Gasteiger charge is -2.17. The van der Waals surface area contributed by atoms with Gasteiger partial charge >= 0.3 is 5.97 Å². The van der Waals surface area contributed by atoms with Crippen molar-refractivity contribution < 1.29 is 14.7 Å². The third-order valence-corrected chi connectivity index (χ3v) is 6.50. The molecule has 0 aromatic heterocycles. The molecule has 110 valence electrons. The second-order valence-corrected chi connectivity index (χ2v) is 7.65. The Morgan fingerprint density at radius 2 is 1.60 bits per heavy atom. The molecule has 4 fully saturated rings. The topological polar surface area (TPSA) is 66.4 Å². The molecule has 0 radical (unpaired) electrons. The lowest BCUT2D eigenvalue weighted by molar-refractivity contribution is -0.146. The number of carbonyl (C=O) groups is 2. The van der Waals surface area contributed by atoms with Crippen molar-refractivity contribution in [3.63, 3.8) is 0 Å². The van der Waals surface area contributed by atoms with E-state index in [9.17, 15) is 14.7 Å². The number of aliphatic carboxylic acids is 1. The van der Waals surface area contributed by atoms with Crippen LogP contribution in [-0.4, -0.2) is 23.0 Å². The monoisotopic (exact) mass is 277 g/mol. The lowest BCUT2D eigenvalue weighted by Crippen LogP contribution is -2.38. The predicted molar refractivity (Wildman–Crippen MR) is 72.8 cm³/mol. The fourth-order valence-corrected chi connectivity index (χ4v) is 5.64. The van der Waals surface area contributed by atoms with E-state index in [4.69, 9.17) is 0 Å². The van der Waals surface area contributed by atoms with Crippen LogP contribution in [-0.2, 0) is 9.59 Å². The first-order chi connectivity index (χ1) is 9.56. The van der Waals surface area contributed by atoms with Crippen molar-refractivity contribution in [2.24, 2.45) is 41.4 Å². The summed E-state index contributed by atoms with van der Waals surface area (Å²) in [4.78, 5) is 23.7. The van der Waals surface area contributed by atoms with Crippen LogP contribution >= 0.6 is 0 Å². The van der Waals surface area contributed by atoms with E-state index in [1.807, 2.05) is 0 Å². The van der Waals surface area contributed by atoms with E-state index in [-0.39, 0.29) is 11.8 Å². The SMILES string of the molecule is CC1CC(C(=O)O)C(C(=O)NC2C3C4CCC(C4)C23)C1. The smallest absolute Gasteiger partial charge is 0.307 e. The van der Waals surface area contributed by atoms with Gasteiger partial charge in [-0.1, -0.05) is 6.92 Å². The van der Waals surface area contributed by atoms with Crippen molar-refractivity contribution in [1.29, 1.82) is 0 Å². The van der Waals surface area contributed by atoms with E-state index in [0.29, 0.717) is 18.4 Å². The zero-order valence-corrected chi connectivity index (χ0v) is 11.9. The van der Waals surface area contributed by atoms with Crippen molar-refractivity contribution in [3.8, 4) is 0 Å².